The zero-order chi connectivity index (χ0) is 17.2. The lowest BCUT2D eigenvalue weighted by Crippen LogP contribution is -2.00. The van der Waals surface area contributed by atoms with Gasteiger partial charge in [0.15, 0.2) is 11.5 Å². The first-order valence-electron chi connectivity index (χ1n) is 8.51. The number of hydrogen-bond acceptors (Lipinski definition) is 5. The molecule has 4 rings (SSSR count). The molecule has 0 bridgehead atoms. The Morgan fingerprint density at radius 3 is 2.92 bits per heavy atom. The second-order valence-corrected chi connectivity index (χ2v) is 7.23. The van der Waals surface area contributed by atoms with Crippen molar-refractivity contribution in [3.05, 3.63) is 53.2 Å². The van der Waals surface area contributed by atoms with E-state index in [4.69, 9.17) is 9.47 Å². The quantitative estimate of drug-likeness (QED) is 0.599. The van der Waals surface area contributed by atoms with Gasteiger partial charge in [0.25, 0.3) is 0 Å². The normalized spacial score (nSPS) is 13.5. The van der Waals surface area contributed by atoms with Gasteiger partial charge in [0.2, 0.25) is 5.88 Å². The van der Waals surface area contributed by atoms with Crippen LogP contribution in [0.25, 0.3) is 10.2 Å². The smallest absolute Gasteiger partial charge is 0.231 e. The number of ether oxygens (including phenoxy) is 2. The largest absolute Gasteiger partial charge is 0.493 e. The molecule has 1 aromatic carbocycles. The lowest BCUT2D eigenvalue weighted by Gasteiger charge is -2.13. The fourth-order valence-corrected chi connectivity index (χ4v) is 4.55. The van der Waals surface area contributed by atoms with Gasteiger partial charge in [0.05, 0.1) is 12.5 Å². The number of methoxy groups -OCH3 is 1. The van der Waals surface area contributed by atoms with Gasteiger partial charge in [-0.1, -0.05) is 12.1 Å². The summed E-state index contributed by atoms with van der Waals surface area (Å²) in [4.78, 5) is 11.3. The van der Waals surface area contributed by atoms with Crippen molar-refractivity contribution in [2.45, 2.75) is 32.1 Å². The molecule has 1 aliphatic rings. The molecule has 2 heterocycles. The molecule has 0 saturated heterocycles. The van der Waals surface area contributed by atoms with E-state index in [0.29, 0.717) is 17.4 Å². The lowest BCUT2D eigenvalue weighted by molar-refractivity contribution is 0.375. The minimum Gasteiger partial charge on any atom is -0.493 e. The van der Waals surface area contributed by atoms with Gasteiger partial charge in [-0.25, -0.2) is 9.97 Å². The van der Waals surface area contributed by atoms with Crippen molar-refractivity contribution < 1.29 is 9.47 Å². The fraction of sp³-hybridized carbons (Fsp3) is 0.300. The zero-order valence-electron chi connectivity index (χ0n) is 14.2. The summed E-state index contributed by atoms with van der Waals surface area (Å²) in [5.74, 6) is 2.00. The number of thiophene rings is 1. The average Bonchev–Trinajstić information content (AvgIpc) is 3.02. The lowest BCUT2D eigenvalue weighted by atomic mass is 9.97. The van der Waals surface area contributed by atoms with E-state index < -0.39 is 0 Å². The summed E-state index contributed by atoms with van der Waals surface area (Å²) in [5.41, 5.74) is 2.50. The monoisotopic (exact) mass is 352 g/mol. The topological polar surface area (TPSA) is 44.2 Å². The molecule has 0 spiro atoms. The van der Waals surface area contributed by atoms with E-state index in [1.54, 1.807) is 24.8 Å². The van der Waals surface area contributed by atoms with Crippen LogP contribution in [-0.2, 0) is 19.3 Å². The zero-order valence-corrected chi connectivity index (χ0v) is 15.1. The van der Waals surface area contributed by atoms with Crippen molar-refractivity contribution in [1.29, 1.82) is 0 Å². The maximum absolute atomic E-state index is 6.18. The third kappa shape index (κ3) is 3.00. The van der Waals surface area contributed by atoms with E-state index in [-0.39, 0.29) is 0 Å². The van der Waals surface area contributed by atoms with Crippen LogP contribution in [0.15, 0.2) is 37.2 Å². The van der Waals surface area contributed by atoms with E-state index in [0.717, 1.165) is 35.0 Å². The number of aryl methyl sites for hydroxylation is 2. The van der Waals surface area contributed by atoms with Gasteiger partial charge < -0.3 is 9.47 Å². The van der Waals surface area contributed by atoms with Gasteiger partial charge >= 0.3 is 0 Å². The van der Waals surface area contributed by atoms with Gasteiger partial charge in [-0.3, -0.25) is 0 Å². The maximum Gasteiger partial charge on any atom is 0.231 e. The molecular weight excluding hydrogens is 332 g/mol. The Hall–Kier alpha value is -2.40. The maximum atomic E-state index is 6.18. The molecule has 0 atom stereocenters. The Morgan fingerprint density at radius 2 is 2.08 bits per heavy atom. The van der Waals surface area contributed by atoms with E-state index in [9.17, 15) is 0 Å². The number of benzene rings is 1. The molecule has 25 heavy (non-hydrogen) atoms. The predicted octanol–water partition coefficient (Wildman–Crippen LogP) is 5.10. The molecular formula is C20H20N2O2S. The molecule has 0 saturated carbocycles. The minimum atomic E-state index is 0.624. The van der Waals surface area contributed by atoms with Gasteiger partial charge in [-0.2, -0.15) is 0 Å². The highest BCUT2D eigenvalue weighted by atomic mass is 32.1. The van der Waals surface area contributed by atoms with Crippen LogP contribution in [0.2, 0.25) is 0 Å². The number of aromatic nitrogens is 2. The van der Waals surface area contributed by atoms with Gasteiger partial charge in [0, 0.05) is 4.88 Å². The van der Waals surface area contributed by atoms with Crippen LogP contribution < -0.4 is 9.47 Å². The highest BCUT2D eigenvalue weighted by Gasteiger charge is 2.21. The summed E-state index contributed by atoms with van der Waals surface area (Å²) in [5, 5.41) is 1.07. The first-order valence-corrected chi connectivity index (χ1v) is 9.32. The van der Waals surface area contributed by atoms with Gasteiger partial charge in [0.1, 0.15) is 11.2 Å². The summed E-state index contributed by atoms with van der Waals surface area (Å²) in [6.07, 6.45) is 8.93. The summed E-state index contributed by atoms with van der Waals surface area (Å²) in [6, 6.07) is 5.95. The SMILES string of the molecule is C=CCc1ccc(Oc2ncnc3sc4c(c23)CCCC4)c(OC)c1. The molecule has 0 aliphatic heterocycles. The molecule has 2 aromatic heterocycles. The van der Waals surface area contributed by atoms with Crippen LogP contribution in [-0.4, -0.2) is 17.1 Å². The van der Waals surface area contributed by atoms with Gasteiger partial charge in [-0.15, -0.1) is 17.9 Å². The third-order valence-electron chi connectivity index (χ3n) is 4.53. The summed E-state index contributed by atoms with van der Waals surface area (Å²) in [7, 11) is 1.65. The molecule has 0 fully saturated rings. The van der Waals surface area contributed by atoms with Crippen molar-refractivity contribution in [2.24, 2.45) is 0 Å². The second-order valence-electron chi connectivity index (χ2n) is 6.15. The summed E-state index contributed by atoms with van der Waals surface area (Å²) in [6.45, 7) is 3.78. The first-order chi connectivity index (χ1) is 12.3. The average molecular weight is 352 g/mol. The van der Waals surface area contributed by atoms with Crippen LogP contribution >= 0.6 is 11.3 Å². The van der Waals surface area contributed by atoms with Crippen LogP contribution in [0.5, 0.6) is 17.4 Å². The molecule has 4 nitrogen and oxygen atoms in total. The van der Waals surface area contributed by atoms with E-state index in [1.165, 1.54) is 23.3 Å². The number of allylic oxidation sites excluding steroid dienone is 1. The minimum absolute atomic E-state index is 0.624. The predicted molar refractivity (Wildman–Crippen MR) is 101 cm³/mol. The molecule has 1 aliphatic carbocycles. The van der Waals surface area contributed by atoms with Crippen molar-refractivity contribution in [1.82, 2.24) is 9.97 Å². The van der Waals surface area contributed by atoms with Crippen molar-refractivity contribution in [3.8, 4) is 17.4 Å². The molecule has 3 aromatic rings. The molecule has 0 amide bonds. The Balaban J connectivity index is 1.76. The Morgan fingerprint density at radius 1 is 1.20 bits per heavy atom. The van der Waals surface area contributed by atoms with Gasteiger partial charge in [-0.05, 0) is 55.4 Å². The van der Waals surface area contributed by atoms with Crippen LogP contribution in [0.3, 0.4) is 0 Å². The second kappa shape index (κ2) is 6.84. The highest BCUT2D eigenvalue weighted by Crippen LogP contribution is 2.41. The van der Waals surface area contributed by atoms with Crippen LogP contribution in [0.1, 0.15) is 28.8 Å². The number of hydrogen-bond donors (Lipinski definition) is 0. The van der Waals surface area contributed by atoms with Crippen LogP contribution in [0, 0.1) is 0 Å². The molecule has 0 unspecified atom stereocenters. The molecule has 128 valence electrons. The summed E-state index contributed by atoms with van der Waals surface area (Å²) < 4.78 is 11.7. The number of fused-ring (bicyclic) bond motifs is 3. The van der Waals surface area contributed by atoms with E-state index in [2.05, 4.69) is 16.5 Å². The number of rotatable bonds is 5. The molecule has 5 heteroatoms. The van der Waals surface area contributed by atoms with Crippen LogP contribution in [0.4, 0.5) is 0 Å². The van der Waals surface area contributed by atoms with Crippen molar-refractivity contribution >= 4 is 21.6 Å². The van der Waals surface area contributed by atoms with Crippen molar-refractivity contribution in [2.75, 3.05) is 7.11 Å². The van der Waals surface area contributed by atoms with Crippen molar-refractivity contribution in [3.63, 3.8) is 0 Å². The Bertz CT molecular complexity index is 933. The fourth-order valence-electron chi connectivity index (χ4n) is 3.33. The third-order valence-corrected chi connectivity index (χ3v) is 5.73. The Kier molecular flexibility index (Phi) is 4.40. The molecule has 0 N–H and O–H groups in total. The standard InChI is InChI=1S/C20H20N2O2S/c1-3-6-13-9-10-15(16(11-13)23-2)24-19-18-14-7-4-5-8-17(14)25-20(18)22-12-21-19/h3,9-12H,1,4-8H2,2H3. The molecule has 0 radical (unpaired) electrons. The highest BCUT2D eigenvalue weighted by molar-refractivity contribution is 7.18. The van der Waals surface area contributed by atoms with E-state index in [1.807, 2.05) is 24.3 Å². The first kappa shape index (κ1) is 16.1. The van der Waals surface area contributed by atoms with E-state index >= 15 is 0 Å². The summed E-state index contributed by atoms with van der Waals surface area (Å²) >= 11 is 1.77. The number of nitrogens with zero attached hydrogens (tertiary/aromatic N) is 2. The Labute approximate surface area is 151 Å².